The van der Waals surface area contributed by atoms with E-state index in [0.717, 1.165) is 23.2 Å². The van der Waals surface area contributed by atoms with E-state index in [1.807, 2.05) is 19.1 Å². The second-order valence-electron chi connectivity index (χ2n) is 7.86. The van der Waals surface area contributed by atoms with E-state index >= 15 is 0 Å². The molecule has 1 aromatic carbocycles. The van der Waals surface area contributed by atoms with Crippen LogP contribution in [0.1, 0.15) is 59.2 Å². The van der Waals surface area contributed by atoms with Crippen molar-refractivity contribution in [1.82, 2.24) is 9.97 Å². The molecule has 0 radical (unpaired) electrons. The van der Waals surface area contributed by atoms with Crippen molar-refractivity contribution in [3.8, 4) is 5.88 Å². The molecule has 0 amide bonds. The maximum atomic E-state index is 12.5. The minimum Gasteiger partial charge on any atom is -0.493 e. The van der Waals surface area contributed by atoms with Crippen LogP contribution >= 0.6 is 0 Å². The first-order chi connectivity index (χ1) is 13.4. The third-order valence-electron chi connectivity index (χ3n) is 6.56. The van der Waals surface area contributed by atoms with E-state index in [2.05, 4.69) is 4.98 Å². The van der Waals surface area contributed by atoms with E-state index < -0.39 is 5.41 Å². The molecule has 4 rings (SSSR count). The average Bonchev–Trinajstić information content (AvgIpc) is 2.70. The minimum absolute atomic E-state index is 0.0380. The fraction of sp³-hybridized carbons (Fsp3) is 0.455. The highest BCUT2D eigenvalue weighted by atomic mass is 16.5. The van der Waals surface area contributed by atoms with Crippen LogP contribution in [0.25, 0.3) is 0 Å². The first-order valence-electron chi connectivity index (χ1n) is 9.67. The second-order valence-corrected chi connectivity index (χ2v) is 7.86. The summed E-state index contributed by atoms with van der Waals surface area (Å²) in [5.41, 5.74) is 2.64. The van der Waals surface area contributed by atoms with Crippen molar-refractivity contribution in [2.75, 3.05) is 7.11 Å². The number of aryl methyl sites for hydroxylation is 1. The number of carbonyl (C=O) groups excluding carboxylic acids is 2. The molecule has 0 spiro atoms. The minimum atomic E-state index is -0.471. The maximum absolute atomic E-state index is 12.5. The molecule has 146 valence electrons. The van der Waals surface area contributed by atoms with Gasteiger partial charge in [0.05, 0.1) is 18.4 Å². The number of hydrogen-bond donors (Lipinski definition) is 1. The Kier molecular flexibility index (Phi) is 4.44. The Morgan fingerprint density at radius 3 is 2.61 bits per heavy atom. The lowest BCUT2D eigenvalue weighted by Gasteiger charge is -2.50. The molecule has 0 bridgehead atoms. The van der Waals surface area contributed by atoms with Crippen LogP contribution in [0.2, 0.25) is 0 Å². The molecule has 1 fully saturated rings. The van der Waals surface area contributed by atoms with Crippen LogP contribution in [0.4, 0.5) is 0 Å². The number of ether oxygens (including phenoxy) is 1. The highest BCUT2D eigenvalue weighted by Crippen LogP contribution is 2.55. The van der Waals surface area contributed by atoms with Crippen molar-refractivity contribution >= 4 is 11.8 Å². The Hall–Kier alpha value is -2.76. The predicted molar refractivity (Wildman–Crippen MR) is 102 cm³/mol. The number of benzene rings is 1. The number of esters is 1. The van der Waals surface area contributed by atoms with E-state index in [1.54, 1.807) is 19.1 Å². The molecular weight excluding hydrogens is 356 g/mol. The lowest BCUT2D eigenvalue weighted by molar-refractivity contribution is -0.128. The smallest absolute Gasteiger partial charge is 0.337 e. The highest BCUT2D eigenvalue weighted by Gasteiger charge is 2.53. The molecule has 1 aromatic heterocycles. The molecular formula is C22H24N2O4. The van der Waals surface area contributed by atoms with Gasteiger partial charge in [-0.2, -0.15) is 4.98 Å². The fourth-order valence-electron chi connectivity index (χ4n) is 5.17. The van der Waals surface area contributed by atoms with Crippen LogP contribution in [-0.4, -0.2) is 33.9 Å². The molecule has 28 heavy (non-hydrogen) atoms. The Balaban J connectivity index is 1.94. The van der Waals surface area contributed by atoms with Gasteiger partial charge in [-0.05, 0) is 49.8 Å². The molecule has 2 aliphatic rings. The summed E-state index contributed by atoms with van der Waals surface area (Å²) in [6.07, 6.45) is 2.56. The SMILES string of the molecule is COC(=O)c1ccc([C@]23CCC(=O)[C@@H](C)[C@@H]2CCc2c(O)nc(C)nc23)cc1. The number of fused-ring (bicyclic) bond motifs is 3. The predicted octanol–water partition coefficient (Wildman–Crippen LogP) is 3.12. The maximum Gasteiger partial charge on any atom is 0.337 e. The largest absolute Gasteiger partial charge is 0.493 e. The van der Waals surface area contributed by atoms with Crippen molar-refractivity contribution in [3.05, 3.63) is 52.5 Å². The van der Waals surface area contributed by atoms with Crippen LogP contribution in [0.15, 0.2) is 24.3 Å². The van der Waals surface area contributed by atoms with E-state index in [9.17, 15) is 14.7 Å². The van der Waals surface area contributed by atoms with Gasteiger partial charge < -0.3 is 9.84 Å². The van der Waals surface area contributed by atoms with E-state index in [-0.39, 0.29) is 29.5 Å². The zero-order valence-corrected chi connectivity index (χ0v) is 16.4. The number of aromatic nitrogens is 2. The second kappa shape index (κ2) is 6.69. The summed E-state index contributed by atoms with van der Waals surface area (Å²) in [5.74, 6) is 0.472. The molecule has 2 aromatic rings. The van der Waals surface area contributed by atoms with E-state index in [1.165, 1.54) is 7.11 Å². The number of methoxy groups -OCH3 is 1. The van der Waals surface area contributed by atoms with E-state index in [0.29, 0.717) is 30.7 Å². The normalized spacial score (nSPS) is 26.3. The fourth-order valence-corrected chi connectivity index (χ4v) is 5.17. The number of ketones is 1. The lowest BCUT2D eigenvalue weighted by atomic mass is 9.53. The topological polar surface area (TPSA) is 89.4 Å². The molecule has 6 nitrogen and oxygen atoms in total. The van der Waals surface area contributed by atoms with Crippen molar-refractivity contribution in [3.63, 3.8) is 0 Å². The zero-order valence-electron chi connectivity index (χ0n) is 16.4. The Bertz CT molecular complexity index is 954. The zero-order chi connectivity index (χ0) is 20.1. The van der Waals surface area contributed by atoms with Gasteiger partial charge in [0.1, 0.15) is 11.6 Å². The Morgan fingerprint density at radius 1 is 1.21 bits per heavy atom. The van der Waals surface area contributed by atoms with Gasteiger partial charge in [-0.15, -0.1) is 0 Å². The number of carbonyl (C=O) groups is 2. The van der Waals surface area contributed by atoms with Crippen LogP contribution in [-0.2, 0) is 21.4 Å². The summed E-state index contributed by atoms with van der Waals surface area (Å²) in [7, 11) is 1.36. The highest BCUT2D eigenvalue weighted by molar-refractivity contribution is 5.89. The number of Topliss-reactive ketones (excluding diaryl/α,β-unsaturated/α-hetero) is 1. The van der Waals surface area contributed by atoms with Crippen LogP contribution in [0.5, 0.6) is 5.88 Å². The van der Waals surface area contributed by atoms with Gasteiger partial charge in [-0.3, -0.25) is 4.79 Å². The van der Waals surface area contributed by atoms with Gasteiger partial charge >= 0.3 is 5.97 Å². The first kappa shape index (κ1) is 18.6. The van der Waals surface area contributed by atoms with Gasteiger partial charge in [-0.25, -0.2) is 9.78 Å². The molecule has 0 aliphatic heterocycles. The lowest BCUT2D eigenvalue weighted by Crippen LogP contribution is -2.50. The number of nitrogens with zero attached hydrogens (tertiary/aromatic N) is 2. The van der Waals surface area contributed by atoms with Crippen LogP contribution in [0, 0.1) is 18.8 Å². The quantitative estimate of drug-likeness (QED) is 0.805. The molecule has 1 saturated carbocycles. The van der Waals surface area contributed by atoms with Gasteiger partial charge in [0.25, 0.3) is 0 Å². The molecule has 1 heterocycles. The van der Waals surface area contributed by atoms with Crippen molar-refractivity contribution < 1.29 is 19.4 Å². The summed E-state index contributed by atoms with van der Waals surface area (Å²) in [4.78, 5) is 33.3. The van der Waals surface area contributed by atoms with Crippen molar-refractivity contribution in [2.45, 2.75) is 44.9 Å². The molecule has 0 saturated heterocycles. The van der Waals surface area contributed by atoms with Crippen molar-refractivity contribution in [2.24, 2.45) is 11.8 Å². The monoisotopic (exact) mass is 380 g/mol. The average molecular weight is 380 g/mol. The summed E-state index contributed by atoms with van der Waals surface area (Å²) >= 11 is 0. The van der Waals surface area contributed by atoms with Crippen LogP contribution < -0.4 is 0 Å². The number of aromatic hydroxyl groups is 1. The molecule has 0 unspecified atom stereocenters. The number of hydrogen-bond acceptors (Lipinski definition) is 6. The summed E-state index contributed by atoms with van der Waals surface area (Å²) in [6.45, 7) is 3.78. The third-order valence-corrected chi connectivity index (χ3v) is 6.56. The number of rotatable bonds is 2. The van der Waals surface area contributed by atoms with Crippen LogP contribution in [0.3, 0.4) is 0 Å². The van der Waals surface area contributed by atoms with Crippen molar-refractivity contribution in [1.29, 1.82) is 0 Å². The standard InChI is InChI=1S/C22H24N2O4/c1-12-17-9-8-16-19(23-13(2)24-20(16)26)22(17,11-10-18(12)25)15-6-4-14(5-7-15)21(27)28-3/h4-7,12,17H,8-11H2,1-3H3,(H,23,24,26)/t12-,17-,22+/m0/s1. The summed E-state index contributed by atoms with van der Waals surface area (Å²) in [6, 6.07) is 7.39. The third kappa shape index (κ3) is 2.62. The molecule has 1 N–H and O–H groups in total. The summed E-state index contributed by atoms with van der Waals surface area (Å²) in [5, 5.41) is 10.5. The Labute approximate surface area is 164 Å². The molecule has 2 aliphatic carbocycles. The van der Waals surface area contributed by atoms with E-state index in [4.69, 9.17) is 9.72 Å². The van der Waals surface area contributed by atoms with Gasteiger partial charge in [0.2, 0.25) is 5.88 Å². The summed E-state index contributed by atoms with van der Waals surface area (Å²) < 4.78 is 4.81. The molecule has 6 heteroatoms. The van der Waals surface area contributed by atoms with Gasteiger partial charge in [0.15, 0.2) is 0 Å². The Morgan fingerprint density at radius 2 is 1.93 bits per heavy atom. The first-order valence-corrected chi connectivity index (χ1v) is 9.67. The molecule has 3 atom stereocenters. The van der Waals surface area contributed by atoms with Gasteiger partial charge in [-0.1, -0.05) is 19.1 Å². The van der Waals surface area contributed by atoms with Gasteiger partial charge in [0, 0.05) is 23.3 Å².